The molecule has 0 aromatic rings. The van der Waals surface area contributed by atoms with Crippen LogP contribution < -0.4 is 38.9 Å². The van der Waals surface area contributed by atoms with Crippen LogP contribution in [0.15, 0.2) is 4.99 Å². The SMILES string of the molecule is CC(C)C(NC(=O)C(N)CC(=O)O)C(=O)NC(CCC(N)=O)C(=O)NC(CCCN=C(N)N)C(=O)O. The summed E-state index contributed by atoms with van der Waals surface area (Å²) in [5.41, 5.74) is 21.1. The van der Waals surface area contributed by atoms with Crippen LogP contribution in [0, 0.1) is 5.92 Å². The molecule has 0 aliphatic rings. The van der Waals surface area contributed by atoms with Gasteiger partial charge in [0.25, 0.3) is 0 Å². The molecule has 0 aromatic heterocycles. The van der Waals surface area contributed by atoms with Crippen LogP contribution in [0.25, 0.3) is 0 Å². The average Bonchev–Trinajstić information content (AvgIpc) is 2.75. The number of hydrogen-bond donors (Lipinski definition) is 9. The molecule has 0 radical (unpaired) electrons. The van der Waals surface area contributed by atoms with Gasteiger partial charge in [-0.25, -0.2) is 4.79 Å². The number of primary amides is 1. The molecule has 0 rings (SSSR count). The zero-order valence-electron chi connectivity index (χ0n) is 20.2. The van der Waals surface area contributed by atoms with E-state index < -0.39 is 72.1 Å². The smallest absolute Gasteiger partial charge is 0.326 e. The molecule has 0 heterocycles. The second-order valence-electron chi connectivity index (χ2n) is 8.35. The van der Waals surface area contributed by atoms with E-state index in [1.165, 1.54) is 0 Å². The Morgan fingerprint density at radius 2 is 1.42 bits per heavy atom. The number of nitrogens with two attached hydrogens (primary N) is 4. The lowest BCUT2D eigenvalue weighted by Crippen LogP contribution is -2.58. The fourth-order valence-corrected chi connectivity index (χ4v) is 2.93. The van der Waals surface area contributed by atoms with Gasteiger partial charge in [-0.3, -0.25) is 29.0 Å². The largest absolute Gasteiger partial charge is 0.481 e. The Morgan fingerprint density at radius 1 is 0.833 bits per heavy atom. The predicted molar refractivity (Wildman–Crippen MR) is 127 cm³/mol. The number of carboxylic acid groups (broad SMARTS) is 2. The van der Waals surface area contributed by atoms with Crippen molar-refractivity contribution in [2.75, 3.05) is 6.54 Å². The predicted octanol–water partition coefficient (Wildman–Crippen LogP) is -3.70. The van der Waals surface area contributed by atoms with E-state index in [1.54, 1.807) is 13.8 Å². The first-order valence-electron chi connectivity index (χ1n) is 11.1. The molecule has 0 spiro atoms. The van der Waals surface area contributed by atoms with E-state index in [0.717, 1.165) is 0 Å². The van der Waals surface area contributed by atoms with Crippen molar-refractivity contribution in [2.24, 2.45) is 33.8 Å². The summed E-state index contributed by atoms with van der Waals surface area (Å²) >= 11 is 0. The quantitative estimate of drug-likeness (QED) is 0.0514. The second-order valence-corrected chi connectivity index (χ2v) is 8.35. The summed E-state index contributed by atoms with van der Waals surface area (Å²) in [7, 11) is 0. The van der Waals surface area contributed by atoms with E-state index in [9.17, 15) is 33.9 Å². The summed E-state index contributed by atoms with van der Waals surface area (Å²) in [6.07, 6.45) is -1.01. The van der Waals surface area contributed by atoms with Crippen molar-refractivity contribution < 1.29 is 39.0 Å². The molecule has 0 fully saturated rings. The Labute approximate surface area is 207 Å². The minimum Gasteiger partial charge on any atom is -0.481 e. The normalized spacial score (nSPS) is 14.0. The maximum absolute atomic E-state index is 12.9. The number of hydrogen-bond acceptors (Lipinski definition) is 8. The van der Waals surface area contributed by atoms with Crippen LogP contribution in [-0.2, 0) is 28.8 Å². The van der Waals surface area contributed by atoms with Crippen molar-refractivity contribution in [3.8, 4) is 0 Å². The number of nitrogens with zero attached hydrogens (tertiary/aromatic N) is 1. The molecule has 0 bridgehead atoms. The van der Waals surface area contributed by atoms with Gasteiger partial charge in [-0.1, -0.05) is 13.8 Å². The molecule has 13 N–H and O–H groups in total. The second kappa shape index (κ2) is 15.9. The molecule has 0 saturated carbocycles. The van der Waals surface area contributed by atoms with Crippen LogP contribution in [-0.4, -0.2) is 82.5 Å². The average molecular weight is 517 g/mol. The fraction of sp³-hybridized carbons (Fsp3) is 0.650. The van der Waals surface area contributed by atoms with E-state index in [-0.39, 0.29) is 38.2 Å². The van der Waals surface area contributed by atoms with E-state index in [4.69, 9.17) is 28.0 Å². The third-order valence-electron chi connectivity index (χ3n) is 4.85. The lowest BCUT2D eigenvalue weighted by Gasteiger charge is -2.26. The standard InChI is InChI=1S/C20H36N8O8/c1-9(2)15(28-16(32)10(21)8-14(30)31)18(34)26-11(5-6-13(22)29)17(33)27-12(19(35)36)4-3-7-25-20(23)24/h9-12,15H,3-8,21H2,1-2H3,(H2,22,29)(H,26,34)(H,27,33)(H,28,32)(H,30,31)(H,35,36)(H4,23,24,25). The molecule has 4 unspecified atom stereocenters. The molecule has 0 aromatic carbocycles. The Balaban J connectivity index is 5.49. The van der Waals surface area contributed by atoms with Crippen molar-refractivity contribution >= 4 is 41.5 Å². The summed E-state index contributed by atoms with van der Waals surface area (Å²) < 4.78 is 0. The number of rotatable bonds is 17. The van der Waals surface area contributed by atoms with E-state index >= 15 is 0 Å². The molecule has 204 valence electrons. The van der Waals surface area contributed by atoms with Crippen LogP contribution >= 0.6 is 0 Å². The minimum absolute atomic E-state index is 0.0273. The molecular weight excluding hydrogens is 480 g/mol. The molecule has 0 saturated heterocycles. The van der Waals surface area contributed by atoms with Crippen molar-refractivity contribution in [3.05, 3.63) is 0 Å². The number of aliphatic imine (C=N–C) groups is 1. The van der Waals surface area contributed by atoms with Gasteiger partial charge in [0.05, 0.1) is 12.5 Å². The van der Waals surface area contributed by atoms with Gasteiger partial charge < -0.3 is 49.1 Å². The lowest BCUT2D eigenvalue weighted by atomic mass is 10.0. The minimum atomic E-state index is -1.42. The van der Waals surface area contributed by atoms with Crippen LogP contribution in [0.4, 0.5) is 0 Å². The molecule has 4 atom stereocenters. The van der Waals surface area contributed by atoms with Crippen molar-refractivity contribution in [1.29, 1.82) is 0 Å². The molecule has 4 amide bonds. The Morgan fingerprint density at radius 3 is 1.89 bits per heavy atom. The van der Waals surface area contributed by atoms with E-state index in [1.807, 2.05) is 0 Å². The number of aliphatic carboxylic acids is 2. The maximum Gasteiger partial charge on any atom is 0.326 e. The molecule has 16 nitrogen and oxygen atoms in total. The molecule has 16 heteroatoms. The van der Waals surface area contributed by atoms with Crippen molar-refractivity contribution in [1.82, 2.24) is 16.0 Å². The number of guanidine groups is 1. The highest BCUT2D eigenvalue weighted by molar-refractivity contribution is 5.95. The summed E-state index contributed by atoms with van der Waals surface area (Å²) in [5.74, 6) is -6.70. The molecule has 0 aliphatic heterocycles. The van der Waals surface area contributed by atoms with Crippen molar-refractivity contribution in [3.63, 3.8) is 0 Å². The first kappa shape index (κ1) is 32.0. The zero-order valence-corrected chi connectivity index (χ0v) is 20.2. The van der Waals surface area contributed by atoms with Gasteiger partial charge in [-0.15, -0.1) is 0 Å². The summed E-state index contributed by atoms with van der Waals surface area (Å²) in [6.45, 7) is 3.30. The van der Waals surface area contributed by atoms with Crippen LogP contribution in [0.3, 0.4) is 0 Å². The van der Waals surface area contributed by atoms with Crippen LogP contribution in [0.5, 0.6) is 0 Å². The van der Waals surface area contributed by atoms with Crippen LogP contribution in [0.2, 0.25) is 0 Å². The van der Waals surface area contributed by atoms with Gasteiger partial charge in [0.2, 0.25) is 23.6 Å². The molecule has 36 heavy (non-hydrogen) atoms. The van der Waals surface area contributed by atoms with Gasteiger partial charge in [-0.2, -0.15) is 0 Å². The number of carbonyl (C=O) groups excluding carboxylic acids is 4. The highest BCUT2D eigenvalue weighted by Crippen LogP contribution is 2.07. The van der Waals surface area contributed by atoms with E-state index in [2.05, 4.69) is 20.9 Å². The summed E-state index contributed by atoms with van der Waals surface area (Å²) in [5, 5.41) is 25.2. The highest BCUT2D eigenvalue weighted by atomic mass is 16.4. The summed E-state index contributed by atoms with van der Waals surface area (Å²) in [4.78, 5) is 75.2. The third kappa shape index (κ3) is 13.1. The number of nitrogens with one attached hydrogen (secondary N) is 3. The van der Waals surface area contributed by atoms with Crippen LogP contribution in [0.1, 0.15) is 46.0 Å². The zero-order chi connectivity index (χ0) is 28.0. The Bertz CT molecular complexity index is 844. The maximum atomic E-state index is 12.9. The summed E-state index contributed by atoms with van der Waals surface area (Å²) in [6, 6.07) is -5.33. The van der Waals surface area contributed by atoms with Gasteiger partial charge >= 0.3 is 11.9 Å². The van der Waals surface area contributed by atoms with Gasteiger partial charge in [0, 0.05) is 13.0 Å². The molecular formula is C20H36N8O8. The Kier molecular flexibility index (Phi) is 14.1. The number of amides is 4. The first-order valence-corrected chi connectivity index (χ1v) is 11.1. The topological polar surface area (TPSA) is 295 Å². The highest BCUT2D eigenvalue weighted by Gasteiger charge is 2.32. The fourth-order valence-electron chi connectivity index (χ4n) is 2.93. The number of carbonyl (C=O) groups is 6. The van der Waals surface area contributed by atoms with E-state index in [0.29, 0.717) is 0 Å². The van der Waals surface area contributed by atoms with Gasteiger partial charge in [0.15, 0.2) is 5.96 Å². The van der Waals surface area contributed by atoms with Crippen molar-refractivity contribution in [2.45, 2.75) is 70.1 Å². The lowest BCUT2D eigenvalue weighted by molar-refractivity contribution is -0.142. The Hall–Kier alpha value is -3.95. The monoisotopic (exact) mass is 516 g/mol. The first-order chi connectivity index (χ1) is 16.6. The number of carboxylic acids is 2. The molecule has 0 aliphatic carbocycles. The van der Waals surface area contributed by atoms with Gasteiger partial charge in [0.1, 0.15) is 18.1 Å². The third-order valence-corrected chi connectivity index (χ3v) is 4.85. The van der Waals surface area contributed by atoms with Gasteiger partial charge in [-0.05, 0) is 25.2 Å².